The van der Waals surface area contributed by atoms with E-state index >= 15 is 0 Å². The Morgan fingerprint density at radius 3 is 3.11 bits per heavy atom. The second kappa shape index (κ2) is 7.09. The number of hydrogen-bond acceptors (Lipinski definition) is 4. The Morgan fingerprint density at radius 1 is 1.58 bits per heavy atom. The number of hydrogen-bond donors (Lipinski definition) is 2. The summed E-state index contributed by atoms with van der Waals surface area (Å²) in [5.41, 5.74) is 0.982. The van der Waals surface area contributed by atoms with Crippen LogP contribution in [0.1, 0.15) is 31.7 Å². The lowest BCUT2D eigenvalue weighted by atomic mass is 10.2. The van der Waals surface area contributed by atoms with Gasteiger partial charge in [-0.25, -0.2) is 4.98 Å². The molecule has 5 nitrogen and oxygen atoms in total. The van der Waals surface area contributed by atoms with Crippen LogP contribution in [0.25, 0.3) is 0 Å². The third kappa shape index (κ3) is 4.21. The molecule has 2 N–H and O–H groups in total. The van der Waals surface area contributed by atoms with Crippen molar-refractivity contribution in [1.82, 2.24) is 15.6 Å². The van der Waals surface area contributed by atoms with E-state index in [1.165, 1.54) is 0 Å². The van der Waals surface area contributed by atoms with E-state index in [1.807, 2.05) is 12.1 Å². The van der Waals surface area contributed by atoms with Crippen molar-refractivity contribution in [1.29, 1.82) is 0 Å². The van der Waals surface area contributed by atoms with E-state index in [4.69, 9.17) is 4.74 Å². The minimum Gasteiger partial charge on any atom is -0.478 e. The molecule has 19 heavy (non-hydrogen) atoms. The summed E-state index contributed by atoms with van der Waals surface area (Å²) in [5.74, 6) is 0.707. The maximum atomic E-state index is 11.8. The van der Waals surface area contributed by atoms with Crippen LogP contribution in [-0.2, 0) is 11.3 Å². The van der Waals surface area contributed by atoms with Crippen LogP contribution in [0.15, 0.2) is 18.3 Å². The molecule has 1 aromatic heterocycles. The molecule has 0 radical (unpaired) electrons. The lowest BCUT2D eigenvalue weighted by Crippen LogP contribution is -2.40. The summed E-state index contributed by atoms with van der Waals surface area (Å²) in [6.45, 7) is 4.18. The van der Waals surface area contributed by atoms with E-state index in [0.29, 0.717) is 19.0 Å². The number of pyridine rings is 1. The minimum absolute atomic E-state index is 0.0277. The van der Waals surface area contributed by atoms with Crippen LogP contribution in [-0.4, -0.2) is 30.1 Å². The summed E-state index contributed by atoms with van der Waals surface area (Å²) >= 11 is 0. The fraction of sp³-hybridized carbons (Fsp3) is 0.571. The van der Waals surface area contributed by atoms with Crippen LogP contribution < -0.4 is 15.4 Å². The molecule has 1 fully saturated rings. The zero-order valence-electron chi connectivity index (χ0n) is 11.3. The summed E-state index contributed by atoms with van der Waals surface area (Å²) in [7, 11) is 0. The predicted octanol–water partition coefficient (Wildman–Crippen LogP) is 1.24. The number of carbonyl (C=O) groups excluding carboxylic acids is 1. The van der Waals surface area contributed by atoms with Crippen molar-refractivity contribution in [2.75, 3.05) is 13.2 Å². The average Bonchev–Trinajstić information content (AvgIpc) is 2.98. The second-order valence-electron chi connectivity index (χ2n) is 4.72. The molecule has 1 aliphatic heterocycles. The summed E-state index contributed by atoms with van der Waals surface area (Å²) in [5, 5.41) is 6.10. The lowest BCUT2D eigenvalue weighted by molar-refractivity contribution is -0.122. The van der Waals surface area contributed by atoms with Crippen LogP contribution in [0.3, 0.4) is 0 Å². The van der Waals surface area contributed by atoms with Crippen molar-refractivity contribution >= 4 is 5.91 Å². The van der Waals surface area contributed by atoms with Gasteiger partial charge in [-0.05, 0) is 31.4 Å². The van der Waals surface area contributed by atoms with Crippen molar-refractivity contribution in [3.05, 3.63) is 23.9 Å². The van der Waals surface area contributed by atoms with Gasteiger partial charge in [-0.3, -0.25) is 4.79 Å². The first-order valence-electron chi connectivity index (χ1n) is 6.88. The number of nitrogens with one attached hydrogen (secondary N) is 2. The van der Waals surface area contributed by atoms with Gasteiger partial charge in [0, 0.05) is 18.8 Å². The minimum atomic E-state index is -0.0277. The molecule has 2 rings (SSSR count). The highest BCUT2D eigenvalue weighted by Gasteiger charge is 2.21. The van der Waals surface area contributed by atoms with Crippen LogP contribution in [0, 0.1) is 0 Å². The Hall–Kier alpha value is -1.62. The lowest BCUT2D eigenvalue weighted by Gasteiger charge is -2.11. The average molecular weight is 263 g/mol. The normalized spacial score (nSPS) is 18.3. The van der Waals surface area contributed by atoms with Gasteiger partial charge in [-0.15, -0.1) is 0 Å². The van der Waals surface area contributed by atoms with Gasteiger partial charge in [0.25, 0.3) is 0 Å². The van der Waals surface area contributed by atoms with Crippen molar-refractivity contribution in [2.45, 2.75) is 38.8 Å². The zero-order chi connectivity index (χ0) is 13.5. The molecule has 0 spiro atoms. The fourth-order valence-electron chi connectivity index (χ4n) is 2.03. The maximum Gasteiger partial charge on any atom is 0.237 e. The number of carbonyl (C=O) groups is 1. The molecule has 5 heteroatoms. The van der Waals surface area contributed by atoms with Crippen LogP contribution >= 0.6 is 0 Å². The van der Waals surface area contributed by atoms with E-state index in [-0.39, 0.29) is 11.9 Å². The topological polar surface area (TPSA) is 63.2 Å². The fourth-order valence-corrected chi connectivity index (χ4v) is 2.03. The van der Waals surface area contributed by atoms with Gasteiger partial charge in [0.15, 0.2) is 0 Å². The highest BCUT2D eigenvalue weighted by Crippen LogP contribution is 2.09. The number of amides is 1. The van der Waals surface area contributed by atoms with E-state index < -0.39 is 0 Å². The molecule has 0 bridgehead atoms. The quantitative estimate of drug-likeness (QED) is 0.810. The van der Waals surface area contributed by atoms with Crippen molar-refractivity contribution in [3.8, 4) is 5.88 Å². The first-order valence-corrected chi connectivity index (χ1v) is 6.88. The molecule has 1 amide bonds. The van der Waals surface area contributed by atoms with Crippen LogP contribution in [0.2, 0.25) is 0 Å². The molecule has 0 aliphatic carbocycles. The molecule has 0 aromatic carbocycles. The molecule has 1 unspecified atom stereocenters. The Morgan fingerprint density at radius 2 is 2.47 bits per heavy atom. The highest BCUT2D eigenvalue weighted by molar-refractivity contribution is 5.81. The SMILES string of the molecule is CCCOc1ccc(CNC(=O)C2CCCN2)cn1. The van der Waals surface area contributed by atoms with Crippen molar-refractivity contribution < 1.29 is 9.53 Å². The second-order valence-corrected chi connectivity index (χ2v) is 4.72. The zero-order valence-corrected chi connectivity index (χ0v) is 11.3. The van der Waals surface area contributed by atoms with E-state index in [1.54, 1.807) is 6.20 Å². The Balaban J connectivity index is 1.77. The van der Waals surface area contributed by atoms with Gasteiger partial charge in [-0.2, -0.15) is 0 Å². The maximum absolute atomic E-state index is 11.8. The largest absolute Gasteiger partial charge is 0.478 e. The standard InChI is InChI=1S/C14H21N3O2/c1-2-8-19-13-6-5-11(9-16-13)10-17-14(18)12-4-3-7-15-12/h5-6,9,12,15H,2-4,7-8,10H2,1H3,(H,17,18). The number of rotatable bonds is 6. The van der Waals surface area contributed by atoms with Gasteiger partial charge in [0.2, 0.25) is 11.8 Å². The third-order valence-corrected chi connectivity index (χ3v) is 3.10. The first kappa shape index (κ1) is 13.8. The Labute approximate surface area is 113 Å². The third-order valence-electron chi connectivity index (χ3n) is 3.10. The monoisotopic (exact) mass is 263 g/mol. The summed E-state index contributed by atoms with van der Waals surface area (Å²) < 4.78 is 5.41. The van der Waals surface area contributed by atoms with Gasteiger partial charge >= 0.3 is 0 Å². The summed E-state index contributed by atoms with van der Waals surface area (Å²) in [6, 6.07) is 3.74. The van der Waals surface area contributed by atoms with Gasteiger partial charge < -0.3 is 15.4 Å². The summed E-state index contributed by atoms with van der Waals surface area (Å²) in [6.07, 6.45) is 4.71. The number of ether oxygens (including phenoxy) is 1. The van der Waals surface area contributed by atoms with E-state index in [2.05, 4.69) is 22.5 Å². The van der Waals surface area contributed by atoms with Crippen molar-refractivity contribution in [3.63, 3.8) is 0 Å². The molecule has 104 valence electrons. The van der Waals surface area contributed by atoms with E-state index in [9.17, 15) is 4.79 Å². The van der Waals surface area contributed by atoms with E-state index in [0.717, 1.165) is 31.4 Å². The smallest absolute Gasteiger partial charge is 0.237 e. The summed E-state index contributed by atoms with van der Waals surface area (Å²) in [4.78, 5) is 16.0. The molecular weight excluding hydrogens is 242 g/mol. The van der Waals surface area contributed by atoms with Crippen LogP contribution in [0.4, 0.5) is 0 Å². The number of nitrogens with zero attached hydrogens (tertiary/aromatic N) is 1. The molecule has 1 saturated heterocycles. The van der Waals surface area contributed by atoms with Gasteiger partial charge in [-0.1, -0.05) is 13.0 Å². The van der Waals surface area contributed by atoms with Crippen molar-refractivity contribution in [2.24, 2.45) is 0 Å². The Kier molecular flexibility index (Phi) is 5.15. The number of aromatic nitrogens is 1. The highest BCUT2D eigenvalue weighted by atomic mass is 16.5. The molecular formula is C14H21N3O2. The molecule has 0 saturated carbocycles. The predicted molar refractivity (Wildman–Crippen MR) is 72.9 cm³/mol. The van der Waals surface area contributed by atoms with Crippen LogP contribution in [0.5, 0.6) is 5.88 Å². The van der Waals surface area contributed by atoms with Gasteiger partial charge in [0.05, 0.1) is 12.6 Å². The van der Waals surface area contributed by atoms with Gasteiger partial charge in [0.1, 0.15) is 0 Å². The molecule has 1 aliphatic rings. The molecule has 1 aromatic rings. The first-order chi connectivity index (χ1) is 9.29. The Bertz CT molecular complexity index is 400. The molecule has 1 atom stereocenters. The molecule has 2 heterocycles.